The summed E-state index contributed by atoms with van der Waals surface area (Å²) in [5, 5.41) is 13.8. The van der Waals surface area contributed by atoms with E-state index in [4.69, 9.17) is 10.5 Å². The first-order valence-electron chi connectivity index (χ1n) is 8.04. The number of Topliss-reactive ketones (excluding diaryl/α,β-unsaturated/α-hetero) is 1. The maximum absolute atomic E-state index is 13.3. The first-order chi connectivity index (χ1) is 13.0. The van der Waals surface area contributed by atoms with Crippen LogP contribution < -0.4 is 20.5 Å². The molecular formula is C18H13F3N2O5. The van der Waals surface area contributed by atoms with Crippen molar-refractivity contribution < 1.29 is 37.3 Å². The Morgan fingerprint density at radius 3 is 2.61 bits per heavy atom. The molecular weight excluding hydrogens is 381 g/mol. The predicted molar refractivity (Wildman–Crippen MR) is 88.3 cm³/mol. The van der Waals surface area contributed by atoms with E-state index in [9.17, 15) is 27.9 Å². The van der Waals surface area contributed by atoms with Crippen LogP contribution in [0.15, 0.2) is 36.4 Å². The molecule has 2 aliphatic rings. The first kappa shape index (κ1) is 18.1. The predicted octanol–water partition coefficient (Wildman–Crippen LogP) is 1.93. The third kappa shape index (κ3) is 2.21. The highest BCUT2D eigenvalue weighted by Gasteiger charge is 2.72. The van der Waals surface area contributed by atoms with Gasteiger partial charge in [-0.25, -0.2) is 0 Å². The summed E-state index contributed by atoms with van der Waals surface area (Å²) in [7, 11) is 0. The SMILES string of the molecule is CC(=O)N[C@]12C(=O)c3c(N)cccc3[C@@]1(O)Oc1cc(OC(F)(F)F)ccc12. The molecule has 2 atom stereocenters. The molecule has 4 rings (SSSR count). The monoisotopic (exact) mass is 394 g/mol. The minimum absolute atomic E-state index is 0.000685. The number of ether oxygens (including phenoxy) is 2. The van der Waals surface area contributed by atoms with Crippen LogP contribution in [0.3, 0.4) is 0 Å². The van der Waals surface area contributed by atoms with E-state index < -0.39 is 35.1 Å². The Bertz CT molecular complexity index is 1040. The van der Waals surface area contributed by atoms with E-state index in [1.165, 1.54) is 18.2 Å². The van der Waals surface area contributed by atoms with E-state index in [0.717, 1.165) is 25.1 Å². The lowest BCUT2D eigenvalue weighted by Gasteiger charge is -2.34. The molecule has 1 aliphatic heterocycles. The second-order valence-electron chi connectivity index (χ2n) is 6.48. The van der Waals surface area contributed by atoms with Crippen LogP contribution in [0.5, 0.6) is 11.5 Å². The number of hydrogen-bond donors (Lipinski definition) is 3. The van der Waals surface area contributed by atoms with Gasteiger partial charge in [-0.05, 0) is 18.2 Å². The number of nitrogens with two attached hydrogens (primary N) is 1. The number of carbonyl (C=O) groups is 2. The van der Waals surface area contributed by atoms with Gasteiger partial charge in [-0.15, -0.1) is 13.2 Å². The number of aliphatic hydroxyl groups is 1. The topological polar surface area (TPSA) is 111 Å². The summed E-state index contributed by atoms with van der Waals surface area (Å²) in [6.45, 7) is 1.13. The normalized spacial score (nSPS) is 24.8. The summed E-state index contributed by atoms with van der Waals surface area (Å²) >= 11 is 0. The number of carbonyl (C=O) groups excluding carboxylic acids is 2. The fraction of sp³-hybridized carbons (Fsp3) is 0.222. The minimum Gasteiger partial charge on any atom is -0.454 e. The lowest BCUT2D eigenvalue weighted by molar-refractivity contribution is -0.274. The second kappa shape index (κ2) is 5.38. The van der Waals surface area contributed by atoms with Crippen LogP contribution >= 0.6 is 0 Å². The van der Waals surface area contributed by atoms with Gasteiger partial charge in [0, 0.05) is 29.8 Å². The zero-order valence-corrected chi connectivity index (χ0v) is 14.3. The molecule has 1 heterocycles. The van der Waals surface area contributed by atoms with Crippen molar-refractivity contribution in [2.45, 2.75) is 24.6 Å². The van der Waals surface area contributed by atoms with Gasteiger partial charge in [0.2, 0.25) is 17.2 Å². The number of alkyl halides is 3. The van der Waals surface area contributed by atoms with Crippen LogP contribution in [0.2, 0.25) is 0 Å². The summed E-state index contributed by atoms with van der Waals surface area (Å²) in [4.78, 5) is 25.2. The molecule has 2 aromatic carbocycles. The lowest BCUT2D eigenvalue weighted by atomic mass is 9.83. The number of nitrogens with one attached hydrogen (secondary N) is 1. The van der Waals surface area contributed by atoms with Crippen molar-refractivity contribution in [1.29, 1.82) is 0 Å². The molecule has 10 heteroatoms. The number of benzene rings is 2. The summed E-state index contributed by atoms with van der Waals surface area (Å²) < 4.78 is 46.9. The maximum Gasteiger partial charge on any atom is 0.573 e. The van der Waals surface area contributed by atoms with E-state index in [0.29, 0.717) is 0 Å². The van der Waals surface area contributed by atoms with Gasteiger partial charge in [-0.2, -0.15) is 0 Å². The fourth-order valence-corrected chi connectivity index (χ4v) is 3.81. The number of hydrogen-bond acceptors (Lipinski definition) is 6. The molecule has 4 N–H and O–H groups in total. The summed E-state index contributed by atoms with van der Waals surface area (Å²) in [6, 6.07) is 7.31. The number of fused-ring (bicyclic) bond motifs is 5. The molecule has 1 aliphatic carbocycles. The first-order valence-corrected chi connectivity index (χ1v) is 8.04. The molecule has 0 bridgehead atoms. The van der Waals surface area contributed by atoms with Crippen molar-refractivity contribution in [2.75, 3.05) is 5.73 Å². The molecule has 2 aromatic rings. The van der Waals surface area contributed by atoms with Crippen LogP contribution in [0.25, 0.3) is 0 Å². The fourth-order valence-electron chi connectivity index (χ4n) is 3.81. The Labute approximate surface area is 155 Å². The molecule has 1 amide bonds. The van der Waals surface area contributed by atoms with Gasteiger partial charge in [0.1, 0.15) is 11.5 Å². The van der Waals surface area contributed by atoms with E-state index in [1.807, 2.05) is 0 Å². The van der Waals surface area contributed by atoms with Gasteiger partial charge in [0.05, 0.1) is 5.56 Å². The van der Waals surface area contributed by atoms with Crippen molar-refractivity contribution in [3.63, 3.8) is 0 Å². The van der Waals surface area contributed by atoms with Gasteiger partial charge in [-0.1, -0.05) is 12.1 Å². The van der Waals surface area contributed by atoms with Gasteiger partial charge in [0.25, 0.3) is 5.79 Å². The summed E-state index contributed by atoms with van der Waals surface area (Å²) in [5.41, 5.74) is 3.81. The van der Waals surface area contributed by atoms with Crippen LogP contribution in [-0.2, 0) is 16.1 Å². The molecule has 0 unspecified atom stereocenters. The molecule has 7 nitrogen and oxygen atoms in total. The highest BCUT2D eigenvalue weighted by Crippen LogP contribution is 2.59. The van der Waals surface area contributed by atoms with Gasteiger partial charge < -0.3 is 25.6 Å². The van der Waals surface area contributed by atoms with Crippen molar-refractivity contribution in [1.82, 2.24) is 5.32 Å². The standard InChI is InChI=1S/C18H13F3N2O5/c1-8(24)23-16-10-6-5-9(27-18(19,20)21)7-13(10)28-17(16,26)11-3-2-4-12(22)14(11)15(16)25/h2-7,26H,22H2,1H3,(H,23,24)/t16-,17-/m1/s1. The highest BCUT2D eigenvalue weighted by molar-refractivity contribution is 6.15. The Kier molecular flexibility index (Phi) is 3.48. The molecule has 146 valence electrons. The van der Waals surface area contributed by atoms with Crippen molar-refractivity contribution >= 4 is 17.4 Å². The number of rotatable bonds is 2. The van der Waals surface area contributed by atoms with Gasteiger partial charge in [-0.3, -0.25) is 9.59 Å². The Balaban J connectivity index is 1.94. The van der Waals surface area contributed by atoms with Crippen LogP contribution in [0, 0.1) is 0 Å². The van der Waals surface area contributed by atoms with E-state index in [-0.39, 0.29) is 28.1 Å². The van der Waals surface area contributed by atoms with E-state index >= 15 is 0 Å². The second-order valence-corrected chi connectivity index (χ2v) is 6.48. The number of amides is 1. The number of halogens is 3. The van der Waals surface area contributed by atoms with Crippen LogP contribution in [0.1, 0.15) is 28.4 Å². The number of ketones is 1. The smallest absolute Gasteiger partial charge is 0.454 e. The Hall–Kier alpha value is -3.27. The molecule has 0 spiro atoms. The van der Waals surface area contributed by atoms with Crippen molar-refractivity contribution in [3.05, 3.63) is 53.1 Å². The van der Waals surface area contributed by atoms with E-state index in [2.05, 4.69) is 10.1 Å². The van der Waals surface area contributed by atoms with Crippen LogP contribution in [-0.4, -0.2) is 23.2 Å². The minimum atomic E-state index is -4.94. The van der Waals surface area contributed by atoms with Crippen molar-refractivity contribution in [3.8, 4) is 11.5 Å². The number of anilines is 1. The van der Waals surface area contributed by atoms with Crippen molar-refractivity contribution in [2.24, 2.45) is 0 Å². The summed E-state index contributed by atoms with van der Waals surface area (Å²) in [5.74, 6) is -4.63. The molecule has 0 saturated carbocycles. The highest BCUT2D eigenvalue weighted by atomic mass is 19.4. The molecule has 0 saturated heterocycles. The lowest BCUT2D eigenvalue weighted by Crippen LogP contribution is -2.59. The maximum atomic E-state index is 13.3. The third-order valence-electron chi connectivity index (χ3n) is 4.75. The largest absolute Gasteiger partial charge is 0.573 e. The average molecular weight is 394 g/mol. The van der Waals surface area contributed by atoms with Crippen LogP contribution in [0.4, 0.5) is 18.9 Å². The third-order valence-corrected chi connectivity index (χ3v) is 4.75. The average Bonchev–Trinajstić information content (AvgIpc) is 2.90. The zero-order chi connectivity index (χ0) is 20.5. The number of nitrogen functional groups attached to an aromatic ring is 1. The van der Waals surface area contributed by atoms with Gasteiger partial charge in [0.15, 0.2) is 0 Å². The zero-order valence-electron chi connectivity index (χ0n) is 14.3. The van der Waals surface area contributed by atoms with Gasteiger partial charge >= 0.3 is 6.36 Å². The van der Waals surface area contributed by atoms with E-state index in [1.54, 1.807) is 0 Å². The Morgan fingerprint density at radius 1 is 1.25 bits per heavy atom. The molecule has 0 aromatic heterocycles. The molecule has 0 radical (unpaired) electrons. The molecule has 0 fully saturated rings. The summed E-state index contributed by atoms with van der Waals surface area (Å²) in [6.07, 6.45) is -4.94. The quantitative estimate of drug-likeness (QED) is 0.672. The molecule has 28 heavy (non-hydrogen) atoms. The Morgan fingerprint density at radius 2 is 1.96 bits per heavy atom.